The number of esters is 1. The molecular weight excluding hydrogens is 346 g/mol. The van der Waals surface area contributed by atoms with Crippen LogP contribution in [0, 0.1) is 17.0 Å². The highest BCUT2D eigenvalue weighted by molar-refractivity contribution is 5.74. The van der Waals surface area contributed by atoms with Gasteiger partial charge in [0.2, 0.25) is 0 Å². The van der Waals surface area contributed by atoms with Crippen LogP contribution in [0.25, 0.3) is 11.1 Å². The molecule has 0 aromatic heterocycles. The van der Waals surface area contributed by atoms with Crippen LogP contribution in [0.4, 0.5) is 5.69 Å². The molecule has 0 heterocycles. The largest absolute Gasteiger partial charge is 0.475 e. The molecule has 0 saturated carbocycles. The van der Waals surface area contributed by atoms with Crippen LogP contribution in [0.3, 0.4) is 0 Å². The van der Waals surface area contributed by atoms with Gasteiger partial charge in [-0.3, -0.25) is 10.1 Å². The van der Waals surface area contributed by atoms with E-state index in [4.69, 9.17) is 9.47 Å². The van der Waals surface area contributed by atoms with E-state index in [2.05, 4.69) is 0 Å². The minimum Gasteiger partial charge on any atom is -0.475 e. The molecule has 3 aromatic carbocycles. The zero-order valence-electron chi connectivity index (χ0n) is 14.6. The summed E-state index contributed by atoms with van der Waals surface area (Å²) in [5.74, 6) is -0.243. The zero-order chi connectivity index (χ0) is 19.2. The number of benzene rings is 3. The molecule has 3 aromatic rings. The van der Waals surface area contributed by atoms with Crippen LogP contribution in [0.2, 0.25) is 0 Å². The van der Waals surface area contributed by atoms with E-state index in [9.17, 15) is 14.9 Å². The lowest BCUT2D eigenvalue weighted by molar-refractivity contribution is -0.385. The average Bonchev–Trinajstić information content (AvgIpc) is 2.68. The van der Waals surface area contributed by atoms with E-state index in [1.807, 2.05) is 43.3 Å². The van der Waals surface area contributed by atoms with Crippen molar-refractivity contribution in [2.75, 3.05) is 6.61 Å². The minimum absolute atomic E-state index is 0.0224. The Labute approximate surface area is 156 Å². The molecule has 3 rings (SSSR count). The number of nitro benzene ring substituents is 1. The van der Waals surface area contributed by atoms with Crippen LogP contribution in [-0.4, -0.2) is 17.5 Å². The van der Waals surface area contributed by atoms with E-state index in [-0.39, 0.29) is 11.4 Å². The third-order valence-corrected chi connectivity index (χ3v) is 3.88. The van der Waals surface area contributed by atoms with Gasteiger partial charge in [0.05, 0.1) is 4.92 Å². The smallest absolute Gasteiger partial charge is 0.349 e. The number of nitro groups is 1. The Morgan fingerprint density at radius 3 is 2.15 bits per heavy atom. The first-order chi connectivity index (χ1) is 13.0. The van der Waals surface area contributed by atoms with Crippen molar-refractivity contribution < 1.29 is 19.2 Å². The zero-order valence-corrected chi connectivity index (χ0v) is 14.6. The SMILES string of the molecule is Cc1ccc(-c2ccc(OC(=O)COc3ccccc3[N+](=O)[O-])cc2)cc1. The molecule has 0 amide bonds. The van der Waals surface area contributed by atoms with E-state index < -0.39 is 17.5 Å². The molecule has 6 nitrogen and oxygen atoms in total. The molecule has 0 aliphatic carbocycles. The molecule has 0 radical (unpaired) electrons. The fourth-order valence-electron chi connectivity index (χ4n) is 2.49. The Bertz CT molecular complexity index is 949. The number of hydrogen-bond donors (Lipinski definition) is 0. The molecule has 0 bridgehead atoms. The maximum atomic E-state index is 11.9. The molecule has 0 saturated heterocycles. The predicted octanol–water partition coefficient (Wildman–Crippen LogP) is 4.55. The summed E-state index contributed by atoms with van der Waals surface area (Å²) in [6.07, 6.45) is 0. The number of ether oxygens (including phenoxy) is 2. The van der Waals surface area contributed by atoms with Gasteiger partial charge in [-0.05, 0) is 36.2 Å². The van der Waals surface area contributed by atoms with Gasteiger partial charge in [-0.15, -0.1) is 0 Å². The second-order valence-corrected chi connectivity index (χ2v) is 5.88. The Hall–Kier alpha value is -3.67. The maximum absolute atomic E-state index is 11.9. The van der Waals surface area contributed by atoms with Crippen LogP contribution in [0.15, 0.2) is 72.8 Å². The first-order valence-electron chi connectivity index (χ1n) is 8.27. The lowest BCUT2D eigenvalue weighted by Gasteiger charge is -2.08. The highest BCUT2D eigenvalue weighted by Gasteiger charge is 2.15. The third kappa shape index (κ3) is 4.70. The lowest BCUT2D eigenvalue weighted by atomic mass is 10.0. The second-order valence-electron chi connectivity index (χ2n) is 5.88. The molecule has 0 aliphatic rings. The number of rotatable bonds is 6. The topological polar surface area (TPSA) is 78.7 Å². The molecule has 27 heavy (non-hydrogen) atoms. The summed E-state index contributed by atoms with van der Waals surface area (Å²) < 4.78 is 10.4. The normalized spacial score (nSPS) is 10.3. The Morgan fingerprint density at radius 1 is 0.926 bits per heavy atom. The van der Waals surface area contributed by atoms with Crippen LogP contribution >= 0.6 is 0 Å². The average molecular weight is 363 g/mol. The summed E-state index contributed by atoms with van der Waals surface area (Å²) in [4.78, 5) is 22.3. The summed E-state index contributed by atoms with van der Waals surface area (Å²) in [6, 6.07) is 21.1. The molecule has 0 spiro atoms. The van der Waals surface area contributed by atoms with Gasteiger partial charge in [0, 0.05) is 6.07 Å². The summed E-state index contributed by atoms with van der Waals surface area (Å²) in [7, 11) is 0. The first-order valence-corrected chi connectivity index (χ1v) is 8.27. The van der Waals surface area contributed by atoms with Crippen molar-refractivity contribution in [2.24, 2.45) is 0 Å². The maximum Gasteiger partial charge on any atom is 0.349 e. The molecular formula is C21H17NO5. The van der Waals surface area contributed by atoms with Gasteiger partial charge in [0.1, 0.15) is 5.75 Å². The molecule has 6 heteroatoms. The molecule has 136 valence electrons. The molecule has 0 N–H and O–H groups in total. The number of aryl methyl sites for hydroxylation is 1. The highest BCUT2D eigenvalue weighted by atomic mass is 16.6. The molecule has 0 atom stereocenters. The first kappa shape index (κ1) is 18.1. The fourth-order valence-corrected chi connectivity index (χ4v) is 2.49. The van der Waals surface area contributed by atoms with E-state index in [0.717, 1.165) is 11.1 Å². The standard InChI is InChI=1S/C21H17NO5/c1-15-6-8-16(9-7-15)17-10-12-18(13-11-17)27-21(23)14-26-20-5-3-2-4-19(20)22(24)25/h2-13H,14H2,1H3. The fraction of sp³-hybridized carbons (Fsp3) is 0.0952. The van der Waals surface area contributed by atoms with Crippen molar-refractivity contribution in [2.45, 2.75) is 6.92 Å². The van der Waals surface area contributed by atoms with Gasteiger partial charge in [0.25, 0.3) is 0 Å². The number of para-hydroxylation sites is 2. The second kappa shape index (κ2) is 8.14. The summed E-state index contributed by atoms with van der Waals surface area (Å²) in [6.45, 7) is 1.60. The van der Waals surface area contributed by atoms with Crippen LogP contribution in [0.5, 0.6) is 11.5 Å². The van der Waals surface area contributed by atoms with Crippen molar-refractivity contribution in [1.29, 1.82) is 0 Å². The van der Waals surface area contributed by atoms with Crippen LogP contribution in [-0.2, 0) is 4.79 Å². The van der Waals surface area contributed by atoms with Crippen molar-refractivity contribution >= 4 is 11.7 Å². The highest BCUT2D eigenvalue weighted by Crippen LogP contribution is 2.26. The van der Waals surface area contributed by atoms with E-state index in [0.29, 0.717) is 5.75 Å². The van der Waals surface area contributed by atoms with Gasteiger partial charge in [-0.2, -0.15) is 0 Å². The lowest BCUT2D eigenvalue weighted by Crippen LogP contribution is -2.18. The molecule has 0 fully saturated rings. The third-order valence-electron chi connectivity index (χ3n) is 3.88. The number of hydrogen-bond acceptors (Lipinski definition) is 5. The van der Waals surface area contributed by atoms with E-state index in [1.165, 1.54) is 23.8 Å². The van der Waals surface area contributed by atoms with E-state index >= 15 is 0 Å². The van der Waals surface area contributed by atoms with E-state index in [1.54, 1.807) is 18.2 Å². The van der Waals surface area contributed by atoms with Gasteiger partial charge in [0.15, 0.2) is 12.4 Å². The summed E-state index contributed by atoms with van der Waals surface area (Å²) in [5.41, 5.74) is 3.06. The van der Waals surface area contributed by atoms with Crippen molar-refractivity contribution in [3.8, 4) is 22.6 Å². The minimum atomic E-state index is -0.642. The number of nitrogens with zero attached hydrogens (tertiary/aromatic N) is 1. The predicted molar refractivity (Wildman–Crippen MR) is 101 cm³/mol. The number of carbonyl (C=O) groups excluding carboxylic acids is 1. The molecule has 0 aliphatic heterocycles. The molecule has 0 unspecified atom stereocenters. The van der Waals surface area contributed by atoms with Gasteiger partial charge >= 0.3 is 11.7 Å². The van der Waals surface area contributed by atoms with Gasteiger partial charge in [-0.25, -0.2) is 4.79 Å². The van der Waals surface area contributed by atoms with Crippen molar-refractivity contribution in [3.05, 3.63) is 88.5 Å². The van der Waals surface area contributed by atoms with Gasteiger partial charge < -0.3 is 9.47 Å². The van der Waals surface area contributed by atoms with Crippen LogP contribution in [0.1, 0.15) is 5.56 Å². The quantitative estimate of drug-likeness (QED) is 0.278. The van der Waals surface area contributed by atoms with Crippen LogP contribution < -0.4 is 9.47 Å². The van der Waals surface area contributed by atoms with Gasteiger partial charge in [-0.1, -0.05) is 54.1 Å². The number of carbonyl (C=O) groups is 1. The summed E-state index contributed by atoms with van der Waals surface area (Å²) in [5, 5.41) is 10.9. The van der Waals surface area contributed by atoms with Crippen molar-refractivity contribution in [3.63, 3.8) is 0 Å². The Kier molecular flexibility index (Phi) is 5.47. The van der Waals surface area contributed by atoms with Crippen molar-refractivity contribution in [1.82, 2.24) is 0 Å². The Balaban J connectivity index is 1.60. The summed E-state index contributed by atoms with van der Waals surface area (Å²) >= 11 is 0. The Morgan fingerprint density at radius 2 is 1.52 bits per heavy atom. The monoisotopic (exact) mass is 363 g/mol.